The van der Waals surface area contributed by atoms with Crippen molar-refractivity contribution in [3.63, 3.8) is 0 Å². The van der Waals surface area contributed by atoms with Gasteiger partial charge in [-0.05, 0) is 25.3 Å². The molecule has 0 amide bonds. The highest BCUT2D eigenvalue weighted by Crippen LogP contribution is 2.13. The summed E-state index contributed by atoms with van der Waals surface area (Å²) in [5, 5.41) is 0. The molecule has 0 aliphatic rings. The second kappa shape index (κ2) is 10.2. The second-order valence-electron chi connectivity index (χ2n) is 4.59. The Balaban J connectivity index is 3.32. The molecule has 1 atom stereocenters. The predicted molar refractivity (Wildman–Crippen MR) is 65.8 cm³/mol. The number of ketones is 1. The zero-order chi connectivity index (χ0) is 11.5. The molecule has 0 saturated heterocycles. The summed E-state index contributed by atoms with van der Waals surface area (Å²) in [6.45, 7) is 5.13. The first kappa shape index (κ1) is 14.6. The van der Waals surface area contributed by atoms with Crippen LogP contribution in [0.25, 0.3) is 0 Å². The molecule has 0 heterocycles. The van der Waals surface area contributed by atoms with Crippen LogP contribution in [0.1, 0.15) is 65.2 Å². The molecule has 0 radical (unpaired) electrons. The minimum Gasteiger partial charge on any atom is -0.330 e. The van der Waals surface area contributed by atoms with Gasteiger partial charge in [0.2, 0.25) is 0 Å². The van der Waals surface area contributed by atoms with E-state index < -0.39 is 0 Å². The largest absolute Gasteiger partial charge is 0.330 e. The zero-order valence-electron chi connectivity index (χ0n) is 10.4. The SMILES string of the molecule is CCCC(C)CC(=O)CCCCCCN. The Labute approximate surface area is 94.6 Å². The first-order valence-electron chi connectivity index (χ1n) is 6.42. The van der Waals surface area contributed by atoms with Crippen molar-refractivity contribution in [1.29, 1.82) is 0 Å². The first-order valence-corrected chi connectivity index (χ1v) is 6.42. The number of carbonyl (C=O) groups is 1. The monoisotopic (exact) mass is 213 g/mol. The standard InChI is InChI=1S/C13H27NO/c1-3-8-12(2)11-13(15)9-6-4-5-7-10-14/h12H,3-11,14H2,1-2H3. The van der Waals surface area contributed by atoms with E-state index in [0.717, 1.165) is 38.6 Å². The van der Waals surface area contributed by atoms with Crippen LogP contribution in [-0.2, 0) is 4.79 Å². The van der Waals surface area contributed by atoms with Gasteiger partial charge in [0.15, 0.2) is 0 Å². The maximum Gasteiger partial charge on any atom is 0.133 e. The lowest BCUT2D eigenvalue weighted by Gasteiger charge is -2.08. The maximum atomic E-state index is 11.5. The van der Waals surface area contributed by atoms with Crippen molar-refractivity contribution in [3.8, 4) is 0 Å². The fraction of sp³-hybridized carbons (Fsp3) is 0.923. The third-order valence-electron chi connectivity index (χ3n) is 2.77. The second-order valence-corrected chi connectivity index (χ2v) is 4.59. The molecule has 0 rings (SSSR count). The lowest BCUT2D eigenvalue weighted by molar-refractivity contribution is -0.120. The highest BCUT2D eigenvalue weighted by Gasteiger charge is 2.07. The van der Waals surface area contributed by atoms with Gasteiger partial charge in [-0.3, -0.25) is 4.79 Å². The lowest BCUT2D eigenvalue weighted by Crippen LogP contribution is -2.05. The number of Topliss-reactive ketones (excluding diaryl/α,β-unsaturated/α-hetero) is 1. The normalized spacial score (nSPS) is 12.7. The number of unbranched alkanes of at least 4 members (excludes halogenated alkanes) is 3. The first-order chi connectivity index (χ1) is 7.20. The van der Waals surface area contributed by atoms with Gasteiger partial charge in [0.05, 0.1) is 0 Å². The van der Waals surface area contributed by atoms with Gasteiger partial charge in [0, 0.05) is 12.8 Å². The smallest absolute Gasteiger partial charge is 0.133 e. The van der Waals surface area contributed by atoms with E-state index in [1.807, 2.05) is 0 Å². The molecule has 0 aromatic carbocycles. The minimum atomic E-state index is 0.448. The number of carbonyl (C=O) groups excluding carboxylic acids is 1. The Kier molecular flexibility index (Phi) is 9.91. The van der Waals surface area contributed by atoms with Crippen LogP contribution in [0.2, 0.25) is 0 Å². The van der Waals surface area contributed by atoms with Gasteiger partial charge in [-0.2, -0.15) is 0 Å². The Morgan fingerprint density at radius 1 is 1.20 bits per heavy atom. The van der Waals surface area contributed by atoms with Crippen LogP contribution >= 0.6 is 0 Å². The van der Waals surface area contributed by atoms with Gasteiger partial charge < -0.3 is 5.73 Å². The summed E-state index contributed by atoms with van der Waals surface area (Å²) >= 11 is 0. The minimum absolute atomic E-state index is 0.448. The molecule has 15 heavy (non-hydrogen) atoms. The molecule has 0 aliphatic heterocycles. The molecule has 2 heteroatoms. The molecule has 90 valence electrons. The van der Waals surface area contributed by atoms with Crippen molar-refractivity contribution in [2.24, 2.45) is 11.7 Å². The van der Waals surface area contributed by atoms with Crippen LogP contribution in [0, 0.1) is 5.92 Å². The van der Waals surface area contributed by atoms with Crippen molar-refractivity contribution < 1.29 is 4.79 Å². The van der Waals surface area contributed by atoms with Crippen LogP contribution in [-0.4, -0.2) is 12.3 Å². The van der Waals surface area contributed by atoms with Gasteiger partial charge in [-0.25, -0.2) is 0 Å². The molecule has 2 nitrogen and oxygen atoms in total. The van der Waals surface area contributed by atoms with E-state index in [-0.39, 0.29) is 0 Å². The van der Waals surface area contributed by atoms with Crippen molar-refractivity contribution in [3.05, 3.63) is 0 Å². The fourth-order valence-corrected chi connectivity index (χ4v) is 1.91. The van der Waals surface area contributed by atoms with E-state index in [1.165, 1.54) is 19.3 Å². The van der Waals surface area contributed by atoms with Crippen molar-refractivity contribution in [2.75, 3.05) is 6.54 Å². The van der Waals surface area contributed by atoms with Gasteiger partial charge in [-0.15, -0.1) is 0 Å². The predicted octanol–water partition coefficient (Wildman–Crippen LogP) is 3.29. The fourth-order valence-electron chi connectivity index (χ4n) is 1.91. The number of nitrogens with two attached hydrogens (primary N) is 1. The van der Waals surface area contributed by atoms with E-state index in [0.29, 0.717) is 11.7 Å². The van der Waals surface area contributed by atoms with Crippen molar-refractivity contribution in [2.45, 2.75) is 65.2 Å². The summed E-state index contributed by atoms with van der Waals surface area (Å²) in [5.41, 5.74) is 5.40. The number of hydrogen-bond donors (Lipinski definition) is 1. The number of hydrogen-bond acceptors (Lipinski definition) is 2. The topological polar surface area (TPSA) is 43.1 Å². The number of rotatable bonds is 10. The molecule has 1 unspecified atom stereocenters. The van der Waals surface area contributed by atoms with Crippen LogP contribution in [0.3, 0.4) is 0 Å². The van der Waals surface area contributed by atoms with Crippen LogP contribution < -0.4 is 5.73 Å². The Morgan fingerprint density at radius 2 is 1.87 bits per heavy atom. The van der Waals surface area contributed by atoms with E-state index in [1.54, 1.807) is 0 Å². The van der Waals surface area contributed by atoms with Gasteiger partial charge in [-0.1, -0.05) is 39.5 Å². The summed E-state index contributed by atoms with van der Waals surface area (Å²) in [5.74, 6) is 1.02. The van der Waals surface area contributed by atoms with Crippen LogP contribution in [0.4, 0.5) is 0 Å². The highest BCUT2D eigenvalue weighted by molar-refractivity contribution is 5.78. The zero-order valence-corrected chi connectivity index (χ0v) is 10.4. The van der Waals surface area contributed by atoms with Crippen LogP contribution in [0.15, 0.2) is 0 Å². The average molecular weight is 213 g/mol. The maximum absolute atomic E-state index is 11.5. The highest BCUT2D eigenvalue weighted by atomic mass is 16.1. The Bertz CT molecular complexity index is 157. The van der Waals surface area contributed by atoms with Crippen molar-refractivity contribution in [1.82, 2.24) is 0 Å². The summed E-state index contributed by atoms with van der Waals surface area (Å²) < 4.78 is 0. The van der Waals surface area contributed by atoms with Gasteiger partial charge in [0.25, 0.3) is 0 Å². The Hall–Kier alpha value is -0.370. The summed E-state index contributed by atoms with van der Waals surface area (Å²) in [6, 6.07) is 0. The molecule has 0 aromatic rings. The van der Waals surface area contributed by atoms with Crippen molar-refractivity contribution >= 4 is 5.78 Å². The van der Waals surface area contributed by atoms with Crippen LogP contribution in [0.5, 0.6) is 0 Å². The molecular weight excluding hydrogens is 186 g/mol. The van der Waals surface area contributed by atoms with E-state index in [4.69, 9.17) is 5.73 Å². The summed E-state index contributed by atoms with van der Waals surface area (Å²) in [4.78, 5) is 11.5. The third kappa shape index (κ3) is 9.92. The average Bonchev–Trinajstić information content (AvgIpc) is 2.17. The molecule has 0 aromatic heterocycles. The van der Waals surface area contributed by atoms with Gasteiger partial charge >= 0.3 is 0 Å². The third-order valence-corrected chi connectivity index (χ3v) is 2.77. The van der Waals surface area contributed by atoms with Gasteiger partial charge in [0.1, 0.15) is 5.78 Å². The molecule has 0 spiro atoms. The molecule has 0 fully saturated rings. The molecule has 2 N–H and O–H groups in total. The molecule has 0 bridgehead atoms. The molecule has 0 saturated carbocycles. The summed E-state index contributed by atoms with van der Waals surface area (Å²) in [6.07, 6.45) is 8.41. The van der Waals surface area contributed by atoms with E-state index >= 15 is 0 Å². The van der Waals surface area contributed by atoms with E-state index in [2.05, 4.69) is 13.8 Å². The van der Waals surface area contributed by atoms with E-state index in [9.17, 15) is 4.79 Å². The summed E-state index contributed by atoms with van der Waals surface area (Å²) in [7, 11) is 0. The lowest BCUT2D eigenvalue weighted by atomic mass is 9.97. The molecule has 0 aliphatic carbocycles. The Morgan fingerprint density at radius 3 is 2.47 bits per heavy atom. The quantitative estimate of drug-likeness (QED) is 0.566. The molecular formula is C13H27NO.